The lowest BCUT2D eigenvalue weighted by Crippen LogP contribution is -2.31. The van der Waals surface area contributed by atoms with Crippen molar-refractivity contribution in [1.29, 1.82) is 0 Å². The number of hydrogen-bond donors (Lipinski definition) is 2. The van der Waals surface area contributed by atoms with Crippen molar-refractivity contribution in [3.63, 3.8) is 0 Å². The minimum absolute atomic E-state index is 0.0516. The van der Waals surface area contributed by atoms with Gasteiger partial charge < -0.3 is 0 Å². The van der Waals surface area contributed by atoms with Crippen molar-refractivity contribution in [1.82, 2.24) is 5.43 Å². The van der Waals surface area contributed by atoms with Gasteiger partial charge in [0.1, 0.15) is 23.3 Å². The molecule has 0 fully saturated rings. The van der Waals surface area contributed by atoms with Crippen molar-refractivity contribution >= 4 is 11.6 Å². The quantitative estimate of drug-likeness (QED) is 0.513. The van der Waals surface area contributed by atoms with E-state index in [9.17, 15) is 17.6 Å². The summed E-state index contributed by atoms with van der Waals surface area (Å²) in [5.41, 5.74) is 2.39. The molecule has 0 spiro atoms. The molecule has 0 aromatic heterocycles. The Bertz CT molecular complexity index is 640. The van der Waals surface area contributed by atoms with Crippen molar-refractivity contribution in [2.75, 3.05) is 0 Å². The highest BCUT2D eigenvalue weighted by atomic mass is 35.5. The van der Waals surface area contributed by atoms with Gasteiger partial charge >= 0.3 is 0 Å². The first-order valence-electron chi connectivity index (χ1n) is 5.97. The third-order valence-corrected chi connectivity index (χ3v) is 3.31. The molecule has 0 amide bonds. The molecule has 1 unspecified atom stereocenters. The Balaban J connectivity index is 2.34. The van der Waals surface area contributed by atoms with Gasteiger partial charge in [0.05, 0.1) is 11.1 Å². The molecule has 0 aliphatic rings. The van der Waals surface area contributed by atoms with Gasteiger partial charge in [-0.05, 0) is 24.1 Å². The number of hydrogen-bond acceptors (Lipinski definition) is 2. The number of rotatable bonds is 4. The lowest BCUT2D eigenvalue weighted by atomic mass is 9.98. The van der Waals surface area contributed by atoms with Gasteiger partial charge in [0.2, 0.25) is 0 Å². The zero-order chi connectivity index (χ0) is 15.6. The van der Waals surface area contributed by atoms with Crippen molar-refractivity contribution in [3.05, 3.63) is 69.8 Å². The standard InChI is InChI=1S/C14H11ClF4N2/c15-9-3-7(1-2-10(9)17)4-13(21-20)14-11(18)5-8(16)6-12(14)19/h1-3,5-6,13,21H,4,20H2. The predicted octanol–water partition coefficient (Wildman–Crippen LogP) is 3.64. The van der Waals surface area contributed by atoms with E-state index in [0.717, 1.165) is 6.07 Å². The largest absolute Gasteiger partial charge is 0.271 e. The minimum atomic E-state index is -1.05. The molecule has 7 heteroatoms. The molecular weight excluding hydrogens is 308 g/mol. The Labute approximate surface area is 123 Å². The van der Waals surface area contributed by atoms with Crippen LogP contribution in [0.3, 0.4) is 0 Å². The summed E-state index contributed by atoms with van der Waals surface area (Å²) >= 11 is 5.65. The van der Waals surface area contributed by atoms with Gasteiger partial charge in [0, 0.05) is 17.7 Å². The Morgan fingerprint density at radius 1 is 1.00 bits per heavy atom. The third kappa shape index (κ3) is 3.53. The van der Waals surface area contributed by atoms with E-state index in [-0.39, 0.29) is 17.0 Å². The van der Waals surface area contributed by atoms with Crippen molar-refractivity contribution in [2.24, 2.45) is 5.84 Å². The Morgan fingerprint density at radius 3 is 2.14 bits per heavy atom. The number of nitrogens with one attached hydrogen (secondary N) is 1. The topological polar surface area (TPSA) is 38.0 Å². The molecule has 2 aromatic rings. The fourth-order valence-corrected chi connectivity index (χ4v) is 2.24. The average molecular weight is 319 g/mol. The summed E-state index contributed by atoms with van der Waals surface area (Å²) in [7, 11) is 0. The summed E-state index contributed by atoms with van der Waals surface area (Å²) in [6.07, 6.45) is 0.0516. The lowest BCUT2D eigenvalue weighted by Gasteiger charge is -2.18. The molecule has 0 aliphatic carbocycles. The molecule has 0 radical (unpaired) electrons. The van der Waals surface area contributed by atoms with Crippen molar-refractivity contribution in [3.8, 4) is 0 Å². The molecule has 2 rings (SSSR count). The van der Waals surface area contributed by atoms with Crippen LogP contribution in [0.5, 0.6) is 0 Å². The first kappa shape index (κ1) is 15.8. The van der Waals surface area contributed by atoms with Gasteiger partial charge in [0.15, 0.2) is 0 Å². The Hall–Kier alpha value is -1.63. The van der Waals surface area contributed by atoms with Gasteiger partial charge in [0.25, 0.3) is 0 Å². The van der Waals surface area contributed by atoms with Crippen LogP contribution in [0.15, 0.2) is 30.3 Å². The first-order valence-corrected chi connectivity index (χ1v) is 6.34. The lowest BCUT2D eigenvalue weighted by molar-refractivity contribution is 0.461. The molecule has 0 heterocycles. The highest BCUT2D eigenvalue weighted by Gasteiger charge is 2.21. The fraction of sp³-hybridized carbons (Fsp3) is 0.143. The summed E-state index contributed by atoms with van der Waals surface area (Å²) in [5.74, 6) is 1.59. The van der Waals surface area contributed by atoms with Crippen LogP contribution >= 0.6 is 11.6 Å². The molecular formula is C14H11ClF4N2. The zero-order valence-corrected chi connectivity index (χ0v) is 11.4. The van der Waals surface area contributed by atoms with Crippen LogP contribution < -0.4 is 11.3 Å². The fourth-order valence-electron chi connectivity index (χ4n) is 2.03. The molecule has 0 saturated carbocycles. The van der Waals surface area contributed by atoms with Crippen molar-refractivity contribution in [2.45, 2.75) is 12.5 Å². The summed E-state index contributed by atoms with van der Waals surface area (Å²) in [6.45, 7) is 0. The SMILES string of the molecule is NNC(Cc1ccc(F)c(Cl)c1)c1c(F)cc(F)cc1F. The van der Waals surface area contributed by atoms with Gasteiger partial charge in [-0.25, -0.2) is 17.6 Å². The maximum atomic E-state index is 13.7. The second-order valence-electron chi connectivity index (χ2n) is 4.45. The predicted molar refractivity (Wildman–Crippen MR) is 71.5 cm³/mol. The van der Waals surface area contributed by atoms with Crippen LogP contribution in [0.4, 0.5) is 17.6 Å². The zero-order valence-electron chi connectivity index (χ0n) is 10.6. The molecule has 0 bridgehead atoms. The number of halogens is 5. The number of benzene rings is 2. The molecule has 112 valence electrons. The van der Waals surface area contributed by atoms with Crippen LogP contribution in [0.2, 0.25) is 5.02 Å². The molecule has 3 N–H and O–H groups in total. The minimum Gasteiger partial charge on any atom is -0.271 e. The Morgan fingerprint density at radius 2 is 1.62 bits per heavy atom. The number of nitrogens with two attached hydrogens (primary N) is 1. The molecule has 1 atom stereocenters. The smallest absolute Gasteiger partial charge is 0.141 e. The highest BCUT2D eigenvalue weighted by molar-refractivity contribution is 6.30. The molecule has 21 heavy (non-hydrogen) atoms. The average Bonchev–Trinajstić information content (AvgIpc) is 2.40. The van der Waals surface area contributed by atoms with E-state index in [1.54, 1.807) is 0 Å². The van der Waals surface area contributed by atoms with E-state index < -0.39 is 29.3 Å². The van der Waals surface area contributed by atoms with E-state index in [1.807, 2.05) is 0 Å². The van der Waals surface area contributed by atoms with Crippen LogP contribution in [-0.2, 0) is 6.42 Å². The van der Waals surface area contributed by atoms with E-state index in [0.29, 0.717) is 17.7 Å². The maximum Gasteiger partial charge on any atom is 0.141 e. The van der Waals surface area contributed by atoms with E-state index in [2.05, 4.69) is 5.43 Å². The van der Waals surface area contributed by atoms with E-state index in [4.69, 9.17) is 17.4 Å². The Kier molecular flexibility index (Phi) is 4.82. The summed E-state index contributed by atoms with van der Waals surface area (Å²) in [6, 6.07) is 4.08. The van der Waals surface area contributed by atoms with Gasteiger partial charge in [-0.3, -0.25) is 11.3 Å². The monoisotopic (exact) mass is 318 g/mol. The molecule has 2 aromatic carbocycles. The third-order valence-electron chi connectivity index (χ3n) is 3.02. The second kappa shape index (κ2) is 6.43. The summed E-state index contributed by atoms with van der Waals surface area (Å²) in [5, 5.41) is -0.108. The molecule has 0 aliphatic heterocycles. The van der Waals surface area contributed by atoms with Crippen LogP contribution in [0.25, 0.3) is 0 Å². The van der Waals surface area contributed by atoms with E-state index in [1.165, 1.54) is 12.1 Å². The van der Waals surface area contributed by atoms with Crippen LogP contribution in [0, 0.1) is 23.3 Å². The van der Waals surface area contributed by atoms with Gasteiger partial charge in [-0.1, -0.05) is 17.7 Å². The van der Waals surface area contributed by atoms with Gasteiger partial charge in [-0.15, -0.1) is 0 Å². The normalized spacial score (nSPS) is 12.5. The highest BCUT2D eigenvalue weighted by Crippen LogP contribution is 2.26. The van der Waals surface area contributed by atoms with Crippen molar-refractivity contribution < 1.29 is 17.6 Å². The molecule has 0 saturated heterocycles. The maximum absolute atomic E-state index is 13.7. The summed E-state index contributed by atoms with van der Waals surface area (Å²) < 4.78 is 53.5. The molecule has 2 nitrogen and oxygen atoms in total. The van der Waals surface area contributed by atoms with Crippen LogP contribution in [-0.4, -0.2) is 0 Å². The second-order valence-corrected chi connectivity index (χ2v) is 4.86. The number of hydrazine groups is 1. The first-order chi connectivity index (χ1) is 9.92. The summed E-state index contributed by atoms with van der Waals surface area (Å²) in [4.78, 5) is 0. The van der Waals surface area contributed by atoms with Crippen LogP contribution in [0.1, 0.15) is 17.2 Å². The van der Waals surface area contributed by atoms with Gasteiger partial charge in [-0.2, -0.15) is 0 Å². The van der Waals surface area contributed by atoms with E-state index >= 15 is 0 Å².